The first kappa shape index (κ1) is 10.2. The zero-order valence-electron chi connectivity index (χ0n) is 7.26. The van der Waals surface area contributed by atoms with E-state index in [1.807, 2.05) is 0 Å². The summed E-state index contributed by atoms with van der Waals surface area (Å²) >= 11 is 0. The molecule has 1 aliphatic carbocycles. The van der Waals surface area contributed by atoms with Crippen molar-refractivity contribution in [1.29, 1.82) is 0 Å². The van der Waals surface area contributed by atoms with Gasteiger partial charge in [0.2, 0.25) is 0 Å². The Bertz CT molecular complexity index is 210. The molecule has 0 spiro atoms. The third-order valence-electron chi connectivity index (χ3n) is 1.87. The zero-order valence-corrected chi connectivity index (χ0v) is 7.26. The van der Waals surface area contributed by atoms with Crippen LogP contribution in [0.15, 0.2) is 12.7 Å². The number of hydrogen-bond donors (Lipinski definition) is 0. The highest BCUT2D eigenvalue weighted by atomic mass is 19.3. The van der Waals surface area contributed by atoms with Crippen LogP contribution < -0.4 is 0 Å². The molecule has 0 atom stereocenters. The van der Waals surface area contributed by atoms with E-state index in [1.165, 1.54) is 6.08 Å². The van der Waals surface area contributed by atoms with E-state index in [-0.39, 0.29) is 18.9 Å². The monoisotopic (exact) mass is 190 g/mol. The lowest BCUT2D eigenvalue weighted by atomic mass is 10.2. The maximum atomic E-state index is 12.9. The van der Waals surface area contributed by atoms with Gasteiger partial charge in [0.1, 0.15) is 6.61 Å². The van der Waals surface area contributed by atoms with Gasteiger partial charge in [0, 0.05) is 6.42 Å². The summed E-state index contributed by atoms with van der Waals surface area (Å²) in [5.41, 5.74) is 0. The van der Waals surface area contributed by atoms with Gasteiger partial charge in [-0.05, 0) is 18.8 Å². The number of hydrogen-bond acceptors (Lipinski definition) is 2. The minimum atomic E-state index is -3.32. The third kappa shape index (κ3) is 3.13. The minimum Gasteiger partial charge on any atom is -0.457 e. The van der Waals surface area contributed by atoms with E-state index >= 15 is 0 Å². The van der Waals surface area contributed by atoms with Crippen molar-refractivity contribution in [2.75, 3.05) is 6.61 Å². The Kier molecular flexibility index (Phi) is 3.01. The average Bonchev–Trinajstić information content (AvgIpc) is 2.83. The number of esters is 1. The van der Waals surface area contributed by atoms with E-state index in [1.54, 1.807) is 0 Å². The van der Waals surface area contributed by atoms with Crippen LogP contribution in [0.5, 0.6) is 0 Å². The summed E-state index contributed by atoms with van der Waals surface area (Å²) in [6.07, 6.45) is 2.49. The molecule has 0 N–H and O–H groups in total. The second kappa shape index (κ2) is 3.85. The molecule has 4 heteroatoms. The topological polar surface area (TPSA) is 26.3 Å². The molecule has 0 aromatic heterocycles. The quantitative estimate of drug-likeness (QED) is 0.490. The summed E-state index contributed by atoms with van der Waals surface area (Å²) in [5.74, 6) is -4.74. The Labute approximate surface area is 75.6 Å². The molecule has 0 bridgehead atoms. The van der Waals surface area contributed by atoms with E-state index in [0.717, 1.165) is 12.8 Å². The molecule has 0 aromatic rings. The van der Waals surface area contributed by atoms with Crippen molar-refractivity contribution in [1.82, 2.24) is 0 Å². The summed E-state index contributed by atoms with van der Waals surface area (Å²) < 4.78 is 30.1. The number of halogens is 2. The molecule has 74 valence electrons. The maximum absolute atomic E-state index is 12.9. The molecule has 1 aliphatic rings. The first-order chi connectivity index (χ1) is 6.06. The highest BCUT2D eigenvalue weighted by Gasteiger charge is 2.45. The first-order valence-electron chi connectivity index (χ1n) is 4.22. The van der Waals surface area contributed by atoms with Gasteiger partial charge in [0.05, 0.1) is 0 Å². The first-order valence-corrected chi connectivity index (χ1v) is 4.22. The number of carbonyl (C=O) groups is 1. The van der Waals surface area contributed by atoms with Gasteiger partial charge in [-0.15, -0.1) is 0 Å². The number of ether oxygens (including phenoxy) is 1. The predicted octanol–water partition coefficient (Wildman–Crippen LogP) is 2.15. The second-order valence-corrected chi connectivity index (χ2v) is 3.24. The standard InChI is InChI=1S/C9H12F2O2/c1-2-5-13-8(12)9(10,11)6-7-3-4-7/h2,7H,1,3-6H2. The highest BCUT2D eigenvalue weighted by molar-refractivity contribution is 5.77. The fourth-order valence-corrected chi connectivity index (χ4v) is 1.01. The molecule has 0 heterocycles. The van der Waals surface area contributed by atoms with Crippen LogP contribution >= 0.6 is 0 Å². The highest BCUT2D eigenvalue weighted by Crippen LogP contribution is 2.39. The van der Waals surface area contributed by atoms with Crippen molar-refractivity contribution >= 4 is 5.97 Å². The summed E-state index contributed by atoms with van der Waals surface area (Å²) in [6.45, 7) is 3.11. The Balaban J connectivity index is 2.35. The summed E-state index contributed by atoms with van der Waals surface area (Å²) in [7, 11) is 0. The lowest BCUT2D eigenvalue weighted by Gasteiger charge is -2.13. The molecule has 1 fully saturated rings. The van der Waals surface area contributed by atoms with Crippen LogP contribution in [0, 0.1) is 5.92 Å². The van der Waals surface area contributed by atoms with Crippen molar-refractivity contribution in [3.05, 3.63) is 12.7 Å². The van der Waals surface area contributed by atoms with Crippen LogP contribution in [0.2, 0.25) is 0 Å². The van der Waals surface area contributed by atoms with Crippen LogP contribution in [0.4, 0.5) is 8.78 Å². The molecule has 1 rings (SSSR count). The van der Waals surface area contributed by atoms with Crippen molar-refractivity contribution in [3.8, 4) is 0 Å². The smallest absolute Gasteiger partial charge is 0.377 e. The van der Waals surface area contributed by atoms with Crippen molar-refractivity contribution in [2.45, 2.75) is 25.2 Å². The summed E-state index contributed by atoms with van der Waals surface area (Å²) in [4.78, 5) is 10.8. The molecule has 0 unspecified atom stereocenters. The van der Waals surface area contributed by atoms with Gasteiger partial charge in [-0.25, -0.2) is 4.79 Å². The average molecular weight is 190 g/mol. The molecule has 0 aromatic carbocycles. The van der Waals surface area contributed by atoms with Gasteiger partial charge >= 0.3 is 11.9 Å². The number of carbonyl (C=O) groups excluding carboxylic acids is 1. The Morgan fingerprint density at radius 3 is 2.69 bits per heavy atom. The molecule has 1 saturated carbocycles. The molecule has 0 amide bonds. The largest absolute Gasteiger partial charge is 0.457 e. The van der Waals surface area contributed by atoms with Crippen LogP contribution in [0.25, 0.3) is 0 Å². The van der Waals surface area contributed by atoms with Gasteiger partial charge in [0.15, 0.2) is 0 Å². The SMILES string of the molecule is C=CCOC(=O)C(F)(F)CC1CC1. The maximum Gasteiger partial charge on any atom is 0.377 e. The van der Waals surface area contributed by atoms with Crippen LogP contribution in [-0.4, -0.2) is 18.5 Å². The van der Waals surface area contributed by atoms with Gasteiger partial charge in [-0.3, -0.25) is 0 Å². The normalized spacial score (nSPS) is 16.8. The van der Waals surface area contributed by atoms with Gasteiger partial charge in [-0.2, -0.15) is 8.78 Å². The predicted molar refractivity (Wildman–Crippen MR) is 43.4 cm³/mol. The van der Waals surface area contributed by atoms with E-state index in [2.05, 4.69) is 11.3 Å². The van der Waals surface area contributed by atoms with E-state index < -0.39 is 11.9 Å². The van der Waals surface area contributed by atoms with E-state index in [4.69, 9.17) is 0 Å². The van der Waals surface area contributed by atoms with Crippen molar-refractivity contribution < 1.29 is 18.3 Å². The molecule has 0 aliphatic heterocycles. The molecular weight excluding hydrogens is 178 g/mol. The third-order valence-corrected chi connectivity index (χ3v) is 1.87. The lowest BCUT2D eigenvalue weighted by Crippen LogP contribution is -2.31. The second-order valence-electron chi connectivity index (χ2n) is 3.24. The fraction of sp³-hybridized carbons (Fsp3) is 0.667. The lowest BCUT2D eigenvalue weighted by molar-refractivity contribution is -0.172. The molecular formula is C9H12F2O2. The molecule has 0 radical (unpaired) electrons. The van der Waals surface area contributed by atoms with Crippen molar-refractivity contribution in [3.63, 3.8) is 0 Å². The van der Waals surface area contributed by atoms with E-state index in [0.29, 0.717) is 0 Å². The van der Waals surface area contributed by atoms with Crippen LogP contribution in [0.3, 0.4) is 0 Å². The Morgan fingerprint density at radius 2 is 2.23 bits per heavy atom. The number of alkyl halides is 2. The zero-order chi connectivity index (χ0) is 9.90. The van der Waals surface area contributed by atoms with Gasteiger partial charge < -0.3 is 4.74 Å². The molecule has 13 heavy (non-hydrogen) atoms. The van der Waals surface area contributed by atoms with Crippen LogP contribution in [-0.2, 0) is 9.53 Å². The van der Waals surface area contributed by atoms with E-state index in [9.17, 15) is 13.6 Å². The van der Waals surface area contributed by atoms with Crippen LogP contribution in [0.1, 0.15) is 19.3 Å². The molecule has 0 saturated heterocycles. The minimum absolute atomic E-state index is 0.00582. The fourth-order valence-electron chi connectivity index (χ4n) is 1.01. The van der Waals surface area contributed by atoms with Gasteiger partial charge in [-0.1, -0.05) is 12.7 Å². The van der Waals surface area contributed by atoms with Crippen molar-refractivity contribution in [2.24, 2.45) is 5.92 Å². The summed E-state index contributed by atoms with van der Waals surface area (Å²) in [6, 6.07) is 0. The Morgan fingerprint density at radius 1 is 1.62 bits per heavy atom. The molecule has 2 nitrogen and oxygen atoms in total. The Hall–Kier alpha value is -0.930. The summed E-state index contributed by atoms with van der Waals surface area (Å²) in [5, 5.41) is 0. The van der Waals surface area contributed by atoms with Gasteiger partial charge in [0.25, 0.3) is 0 Å². The number of rotatable bonds is 5.